The maximum absolute atomic E-state index is 6.47. The second-order valence-electron chi connectivity index (χ2n) is 9.63. The smallest absolute Gasteiger partial charge is 0.190 e. The summed E-state index contributed by atoms with van der Waals surface area (Å²) in [6.07, 6.45) is 3.72. The van der Waals surface area contributed by atoms with Crippen molar-refractivity contribution in [3.8, 4) is 28.4 Å². The van der Waals surface area contributed by atoms with Crippen LogP contribution in [0.3, 0.4) is 0 Å². The number of ether oxygens (including phenoxy) is 1. The molecule has 4 aromatic heterocycles. The number of fused-ring (bicyclic) bond motifs is 7. The molecule has 4 heterocycles. The molecular weight excluding hydrogens is 601 g/mol. The van der Waals surface area contributed by atoms with Gasteiger partial charge in [-0.25, -0.2) is 0 Å². The van der Waals surface area contributed by atoms with E-state index in [1.807, 2.05) is 89.6 Å². The van der Waals surface area contributed by atoms with Crippen LogP contribution in [0.5, 0.6) is 11.5 Å². The zero-order chi connectivity index (χ0) is 26.6. The second kappa shape index (κ2) is 9.94. The fourth-order valence-corrected chi connectivity index (χ4v) is 5.48. The van der Waals surface area contributed by atoms with Gasteiger partial charge in [-0.1, -0.05) is 60.7 Å². The standard InChI is InChI=1S/C35H21N3O2.Pd/c1-37-20-8-14-30-28-17-18-29-27-13-2-3-16-32(27)40-34(29)33(28)38(35(30)37)24-10-7-12-26(22-24)39-25-11-6-9-23(21-25)31-15-4-5-19-36-31;/h2-20H,1H2;/q-2;. The molecular formula is C35H21N3O2Pd-2. The van der Waals surface area contributed by atoms with Crippen LogP contribution in [0.2, 0.25) is 0 Å². The van der Waals surface area contributed by atoms with Gasteiger partial charge in [-0.2, -0.15) is 6.07 Å². The van der Waals surface area contributed by atoms with Crippen molar-refractivity contribution in [1.82, 2.24) is 9.55 Å². The molecule has 0 saturated carbocycles. The first-order valence-electron chi connectivity index (χ1n) is 13.0. The van der Waals surface area contributed by atoms with Crippen LogP contribution in [0.4, 0.5) is 0 Å². The van der Waals surface area contributed by atoms with E-state index >= 15 is 0 Å². The van der Waals surface area contributed by atoms with Crippen LogP contribution in [0.15, 0.2) is 120 Å². The third-order valence-corrected chi connectivity index (χ3v) is 7.21. The zero-order valence-corrected chi connectivity index (χ0v) is 23.2. The van der Waals surface area contributed by atoms with Crippen molar-refractivity contribution in [3.63, 3.8) is 0 Å². The first kappa shape index (κ1) is 25.1. The van der Waals surface area contributed by atoms with Gasteiger partial charge in [0, 0.05) is 65.4 Å². The van der Waals surface area contributed by atoms with Crippen LogP contribution in [0.1, 0.15) is 0 Å². The Morgan fingerprint density at radius 2 is 1.51 bits per heavy atom. The molecule has 0 atom stereocenters. The summed E-state index contributed by atoms with van der Waals surface area (Å²) in [5.74, 6) is 1.16. The van der Waals surface area contributed by atoms with E-state index in [1.165, 1.54) is 0 Å². The Labute approximate surface area is 249 Å². The number of benzene rings is 4. The Bertz CT molecular complexity index is 2220. The van der Waals surface area contributed by atoms with E-state index in [0.29, 0.717) is 11.5 Å². The topological polar surface area (TPSA) is 44.1 Å². The van der Waals surface area contributed by atoms with E-state index in [0.717, 1.165) is 60.8 Å². The van der Waals surface area contributed by atoms with Gasteiger partial charge in [-0.3, -0.25) is 4.57 Å². The summed E-state index contributed by atoms with van der Waals surface area (Å²) in [5.41, 5.74) is 6.09. The van der Waals surface area contributed by atoms with Gasteiger partial charge in [-0.05, 0) is 37.1 Å². The molecule has 6 heteroatoms. The zero-order valence-electron chi connectivity index (χ0n) is 21.7. The van der Waals surface area contributed by atoms with Crippen LogP contribution >= 0.6 is 0 Å². The van der Waals surface area contributed by atoms with Crippen LogP contribution in [0, 0.1) is 19.2 Å². The second-order valence-corrected chi connectivity index (χ2v) is 9.63. The summed E-state index contributed by atoms with van der Waals surface area (Å²) in [6, 6.07) is 40.9. The third-order valence-electron chi connectivity index (χ3n) is 7.21. The fourth-order valence-electron chi connectivity index (χ4n) is 5.48. The van der Waals surface area contributed by atoms with Crippen LogP contribution in [0.25, 0.3) is 60.8 Å². The summed E-state index contributed by atoms with van der Waals surface area (Å²) >= 11 is 0. The van der Waals surface area contributed by atoms with Gasteiger partial charge in [0.15, 0.2) is 16.7 Å². The summed E-state index contributed by atoms with van der Waals surface area (Å²) < 4.78 is 16.8. The Morgan fingerprint density at radius 1 is 0.732 bits per heavy atom. The average Bonchev–Trinajstić information content (AvgIpc) is 3.55. The molecule has 0 aliphatic heterocycles. The molecule has 0 unspecified atom stereocenters. The molecule has 4 aromatic carbocycles. The normalized spacial score (nSPS) is 11.3. The molecule has 0 fully saturated rings. The molecule has 8 rings (SSSR count). The van der Waals surface area contributed by atoms with Crippen LogP contribution in [-0.4, -0.2) is 9.55 Å². The minimum atomic E-state index is 0. The molecule has 0 aliphatic rings. The quantitative estimate of drug-likeness (QED) is 0.113. The summed E-state index contributed by atoms with van der Waals surface area (Å²) in [5, 5.41) is 4.31. The minimum absolute atomic E-state index is 0. The summed E-state index contributed by atoms with van der Waals surface area (Å²) in [7, 11) is 4.29. The van der Waals surface area contributed by atoms with E-state index in [2.05, 4.69) is 53.0 Å². The number of rotatable bonds is 4. The fraction of sp³-hybridized carbons (Fsp3) is 0. The molecule has 8 aromatic rings. The van der Waals surface area contributed by atoms with Crippen molar-refractivity contribution in [3.05, 3.63) is 135 Å². The minimum Gasteiger partial charge on any atom is -0.503 e. The predicted octanol–water partition coefficient (Wildman–Crippen LogP) is 8.06. The SMILES string of the molecule is [CH2-][n+]1cccc2c3ccc4c5ccccc5oc4c3n(-c3[c-]c(Oc4[c-]c(-c5ccccn5)ccc4)ccc3)c21.[Pd]. The number of aromatic nitrogens is 3. The molecule has 5 nitrogen and oxygen atoms in total. The Hall–Kier alpha value is -4.89. The number of nitrogens with zero attached hydrogens (tertiary/aromatic N) is 3. The molecule has 0 amide bonds. The number of hydrogen-bond donors (Lipinski definition) is 0. The van der Waals surface area contributed by atoms with Crippen LogP contribution in [-0.2, 0) is 20.4 Å². The molecule has 0 radical (unpaired) electrons. The van der Waals surface area contributed by atoms with Crippen molar-refractivity contribution in [1.29, 1.82) is 0 Å². The van der Waals surface area contributed by atoms with Crippen molar-refractivity contribution in [2.24, 2.45) is 0 Å². The molecule has 41 heavy (non-hydrogen) atoms. The number of hydrogen-bond acceptors (Lipinski definition) is 3. The summed E-state index contributed by atoms with van der Waals surface area (Å²) in [4.78, 5) is 4.44. The Morgan fingerprint density at radius 3 is 2.39 bits per heavy atom. The van der Waals surface area contributed by atoms with Gasteiger partial charge >= 0.3 is 0 Å². The van der Waals surface area contributed by atoms with Crippen molar-refractivity contribution >= 4 is 43.9 Å². The number of furan rings is 1. The van der Waals surface area contributed by atoms with Crippen molar-refractivity contribution in [2.45, 2.75) is 0 Å². The molecule has 200 valence electrons. The van der Waals surface area contributed by atoms with Gasteiger partial charge in [-0.15, -0.1) is 35.9 Å². The molecule has 0 saturated heterocycles. The average molecular weight is 622 g/mol. The van der Waals surface area contributed by atoms with Crippen LogP contribution < -0.4 is 9.30 Å². The van der Waals surface area contributed by atoms with Gasteiger partial charge in [0.05, 0.1) is 0 Å². The number of para-hydroxylation sites is 1. The maximum Gasteiger partial charge on any atom is 0.190 e. The van der Waals surface area contributed by atoms with E-state index < -0.39 is 0 Å². The van der Waals surface area contributed by atoms with Crippen molar-refractivity contribution < 1.29 is 34.1 Å². The molecule has 0 spiro atoms. The molecule has 0 N–H and O–H groups in total. The van der Waals surface area contributed by atoms with E-state index in [4.69, 9.17) is 9.15 Å². The predicted molar refractivity (Wildman–Crippen MR) is 156 cm³/mol. The molecule has 0 aliphatic carbocycles. The molecule has 0 bridgehead atoms. The first-order valence-corrected chi connectivity index (χ1v) is 13.0. The Balaban J connectivity index is 0.00000276. The first-order chi connectivity index (χ1) is 19.7. The van der Waals surface area contributed by atoms with Gasteiger partial charge in [0.25, 0.3) is 0 Å². The largest absolute Gasteiger partial charge is 0.503 e. The monoisotopic (exact) mass is 621 g/mol. The summed E-state index contributed by atoms with van der Waals surface area (Å²) in [6.45, 7) is 0. The Kier molecular flexibility index (Phi) is 6.09. The van der Waals surface area contributed by atoms with Crippen molar-refractivity contribution in [2.75, 3.05) is 0 Å². The third kappa shape index (κ3) is 4.08. The van der Waals surface area contributed by atoms with E-state index in [9.17, 15) is 0 Å². The van der Waals surface area contributed by atoms with Gasteiger partial charge in [0.1, 0.15) is 5.58 Å². The maximum atomic E-state index is 6.47. The number of pyridine rings is 2. The van der Waals surface area contributed by atoms with Gasteiger partial charge < -0.3 is 18.7 Å². The van der Waals surface area contributed by atoms with E-state index in [-0.39, 0.29) is 20.4 Å². The van der Waals surface area contributed by atoms with Gasteiger partial charge in [0.2, 0.25) is 0 Å². The van der Waals surface area contributed by atoms with E-state index in [1.54, 1.807) is 6.20 Å².